The predicted octanol–water partition coefficient (Wildman–Crippen LogP) is 16.6. The van der Waals surface area contributed by atoms with Gasteiger partial charge in [0.1, 0.15) is 18.8 Å². The van der Waals surface area contributed by atoms with Gasteiger partial charge in [0.15, 0.2) is 24.6 Å². The van der Waals surface area contributed by atoms with Gasteiger partial charge in [-0.2, -0.15) is 0 Å². The summed E-state index contributed by atoms with van der Waals surface area (Å²) in [6.45, 7) is 5.89. The lowest BCUT2D eigenvalue weighted by Crippen LogP contribution is -2.61. The predicted molar refractivity (Wildman–Crippen MR) is 312 cm³/mol. The number of unbranched alkanes of at least 4 members (excludes halogenated alkanes) is 32. The summed E-state index contributed by atoms with van der Waals surface area (Å²) < 4.78 is 28.5. The van der Waals surface area contributed by atoms with E-state index in [4.69, 9.17) is 23.7 Å². The Morgan fingerprint density at radius 2 is 0.818 bits per heavy atom. The van der Waals surface area contributed by atoms with Crippen molar-refractivity contribution in [2.24, 2.45) is 0 Å². The topological polar surface area (TPSA) is 175 Å². The summed E-state index contributed by atoms with van der Waals surface area (Å²) in [5.74, 6) is -3.11. The number of allylic oxidation sites excluding steroid dienone is 8. The average molecular weight is 1090 g/mol. The molecule has 12 heteroatoms. The van der Waals surface area contributed by atoms with E-state index in [-0.39, 0.29) is 25.9 Å². The zero-order valence-corrected chi connectivity index (χ0v) is 49.2. The standard InChI is InChI=1S/C65H114O12/c1-4-7-10-13-16-19-22-24-26-28-29-31-32-34-37-39-42-45-48-51-57(66)73-54-56(75-58(67)52-49-46-43-40-36-21-18-15-12-9-6-3)55-74-65-63(61(70)60(69)62(77-65)64(71)72)76-59(68)53-50-47-44-41-38-35-33-30-27-25-23-20-17-14-11-8-5-2/h7,10,16,19,24,26,29,31,56,60-63,65,69-70H,4-6,8-9,11-15,17-18,20-23,25,27-28,30,32-55H2,1-3H3,(H,71,72)/b10-7-,19-16-,26-24-,31-29-. The number of aliphatic hydroxyl groups excluding tert-OH is 2. The Balaban J connectivity index is 2.63. The Labute approximate surface area is 469 Å². The maximum atomic E-state index is 13.1. The van der Waals surface area contributed by atoms with E-state index in [1.54, 1.807) is 0 Å². The van der Waals surface area contributed by atoms with Crippen molar-refractivity contribution in [3.8, 4) is 0 Å². The van der Waals surface area contributed by atoms with Gasteiger partial charge in [0.25, 0.3) is 0 Å². The van der Waals surface area contributed by atoms with Crippen LogP contribution in [-0.4, -0.2) is 89.2 Å². The molecule has 1 fully saturated rings. The van der Waals surface area contributed by atoms with Crippen LogP contribution in [0.15, 0.2) is 48.6 Å². The molecule has 1 rings (SSSR count). The Morgan fingerprint density at radius 3 is 1.25 bits per heavy atom. The van der Waals surface area contributed by atoms with Crippen molar-refractivity contribution in [2.75, 3.05) is 13.2 Å². The molecule has 0 aromatic rings. The normalized spacial score (nSPS) is 18.3. The van der Waals surface area contributed by atoms with Crippen LogP contribution < -0.4 is 0 Å². The maximum Gasteiger partial charge on any atom is 0.335 e. The van der Waals surface area contributed by atoms with E-state index in [2.05, 4.69) is 69.4 Å². The van der Waals surface area contributed by atoms with Crippen LogP contribution in [0.5, 0.6) is 0 Å². The number of aliphatic carboxylic acids is 1. The number of hydrogen-bond acceptors (Lipinski definition) is 11. The fraction of sp³-hybridized carbons (Fsp3) is 0.815. The lowest BCUT2D eigenvalue weighted by atomic mass is 9.98. The van der Waals surface area contributed by atoms with E-state index in [0.717, 1.165) is 103 Å². The minimum atomic E-state index is -1.90. The number of esters is 3. The van der Waals surface area contributed by atoms with E-state index in [0.29, 0.717) is 19.3 Å². The molecule has 0 radical (unpaired) electrons. The molecule has 446 valence electrons. The minimum Gasteiger partial charge on any atom is -0.479 e. The van der Waals surface area contributed by atoms with Gasteiger partial charge in [-0.15, -0.1) is 0 Å². The van der Waals surface area contributed by atoms with Gasteiger partial charge in [0.05, 0.1) is 6.61 Å². The van der Waals surface area contributed by atoms with Crippen LogP contribution in [-0.2, 0) is 42.9 Å². The first-order chi connectivity index (χ1) is 37.6. The number of hydrogen-bond donors (Lipinski definition) is 3. The summed E-state index contributed by atoms with van der Waals surface area (Å²) >= 11 is 0. The van der Waals surface area contributed by atoms with Crippen LogP contribution in [0, 0.1) is 0 Å². The monoisotopic (exact) mass is 1090 g/mol. The molecule has 1 heterocycles. The number of carboxylic acid groups (broad SMARTS) is 1. The second kappa shape index (κ2) is 53.3. The molecule has 77 heavy (non-hydrogen) atoms. The highest BCUT2D eigenvalue weighted by Gasteiger charge is 2.50. The average Bonchev–Trinajstić information content (AvgIpc) is 3.41. The molecule has 0 amide bonds. The molecule has 12 nitrogen and oxygen atoms in total. The fourth-order valence-electron chi connectivity index (χ4n) is 9.60. The first kappa shape index (κ1) is 71.7. The molecule has 0 aliphatic carbocycles. The van der Waals surface area contributed by atoms with E-state index in [9.17, 15) is 34.5 Å². The van der Waals surface area contributed by atoms with Gasteiger partial charge in [-0.25, -0.2) is 4.79 Å². The molecule has 0 saturated carbocycles. The van der Waals surface area contributed by atoms with Gasteiger partial charge in [0.2, 0.25) is 0 Å². The van der Waals surface area contributed by atoms with Crippen LogP contribution in [0.1, 0.15) is 290 Å². The van der Waals surface area contributed by atoms with E-state index in [1.807, 2.05) is 0 Å². The van der Waals surface area contributed by atoms with Crippen LogP contribution >= 0.6 is 0 Å². The summed E-state index contributed by atoms with van der Waals surface area (Å²) in [5, 5.41) is 31.5. The van der Waals surface area contributed by atoms with Gasteiger partial charge in [-0.1, -0.05) is 262 Å². The zero-order chi connectivity index (χ0) is 56.1. The molecule has 6 unspecified atom stereocenters. The number of carbonyl (C=O) groups is 4. The smallest absolute Gasteiger partial charge is 0.335 e. The SMILES string of the molecule is CC/C=C\C/C=C\C/C=C\C/C=C\CCCCCCCCC(=O)OCC(COC1OC(C(=O)O)C(O)C(O)C1OC(=O)CCCCCCCCCCCCCCCCCCC)OC(=O)CCCCCCCCCCCCC. The fourth-order valence-corrected chi connectivity index (χ4v) is 9.60. The van der Waals surface area contributed by atoms with Gasteiger partial charge in [-0.3, -0.25) is 14.4 Å². The van der Waals surface area contributed by atoms with Crippen molar-refractivity contribution in [1.29, 1.82) is 0 Å². The summed E-state index contributed by atoms with van der Waals surface area (Å²) in [6, 6.07) is 0. The van der Waals surface area contributed by atoms with Crippen molar-refractivity contribution < 1.29 is 58.2 Å². The lowest BCUT2D eigenvalue weighted by Gasteiger charge is -2.40. The van der Waals surface area contributed by atoms with Crippen molar-refractivity contribution in [2.45, 2.75) is 327 Å². The highest BCUT2D eigenvalue weighted by molar-refractivity contribution is 5.74. The number of aliphatic hydroxyl groups is 2. The summed E-state index contributed by atoms with van der Waals surface area (Å²) in [5.41, 5.74) is 0. The molecular formula is C65H114O12. The Kier molecular flexibility index (Phi) is 49.7. The Bertz CT molecular complexity index is 1520. The first-order valence-electron chi connectivity index (χ1n) is 31.6. The lowest BCUT2D eigenvalue weighted by molar-refractivity contribution is -0.301. The summed E-state index contributed by atoms with van der Waals surface area (Å²) in [4.78, 5) is 51.2. The number of ether oxygens (including phenoxy) is 5. The van der Waals surface area contributed by atoms with Crippen molar-refractivity contribution in [3.05, 3.63) is 48.6 Å². The van der Waals surface area contributed by atoms with E-state index >= 15 is 0 Å². The zero-order valence-electron chi connectivity index (χ0n) is 49.2. The molecule has 0 bridgehead atoms. The van der Waals surface area contributed by atoms with Crippen LogP contribution in [0.2, 0.25) is 0 Å². The van der Waals surface area contributed by atoms with Crippen molar-refractivity contribution in [1.82, 2.24) is 0 Å². The Hall–Kier alpha value is -3.32. The van der Waals surface area contributed by atoms with Crippen LogP contribution in [0.4, 0.5) is 0 Å². The molecule has 0 aromatic carbocycles. The molecule has 1 saturated heterocycles. The molecule has 3 N–H and O–H groups in total. The minimum absolute atomic E-state index is 0.0644. The molecule has 6 atom stereocenters. The highest BCUT2D eigenvalue weighted by atomic mass is 16.7. The third kappa shape index (κ3) is 43.2. The number of carboxylic acids is 1. The van der Waals surface area contributed by atoms with Crippen LogP contribution in [0.25, 0.3) is 0 Å². The highest BCUT2D eigenvalue weighted by Crippen LogP contribution is 2.27. The van der Waals surface area contributed by atoms with Crippen molar-refractivity contribution >= 4 is 23.9 Å². The molecule has 1 aliphatic rings. The van der Waals surface area contributed by atoms with Gasteiger partial charge < -0.3 is 39.0 Å². The number of carbonyl (C=O) groups excluding carboxylic acids is 3. The summed E-state index contributed by atoms with van der Waals surface area (Å²) in [7, 11) is 0. The molecule has 1 aliphatic heterocycles. The van der Waals surface area contributed by atoms with Crippen LogP contribution in [0.3, 0.4) is 0 Å². The second-order valence-electron chi connectivity index (χ2n) is 21.7. The number of rotatable bonds is 54. The van der Waals surface area contributed by atoms with Gasteiger partial charge >= 0.3 is 23.9 Å². The molecule has 0 spiro atoms. The third-order valence-electron chi connectivity index (χ3n) is 14.4. The maximum absolute atomic E-state index is 13.1. The molecular weight excluding hydrogens is 973 g/mol. The van der Waals surface area contributed by atoms with E-state index < -0.39 is 67.3 Å². The third-order valence-corrected chi connectivity index (χ3v) is 14.4. The Morgan fingerprint density at radius 1 is 0.442 bits per heavy atom. The first-order valence-corrected chi connectivity index (χ1v) is 31.6. The second-order valence-corrected chi connectivity index (χ2v) is 21.7. The summed E-state index contributed by atoms with van der Waals surface area (Å²) in [6.07, 6.45) is 52.2. The van der Waals surface area contributed by atoms with Crippen molar-refractivity contribution in [3.63, 3.8) is 0 Å². The van der Waals surface area contributed by atoms with Gasteiger partial charge in [0, 0.05) is 19.3 Å². The largest absolute Gasteiger partial charge is 0.479 e. The molecule has 0 aromatic heterocycles. The van der Waals surface area contributed by atoms with E-state index in [1.165, 1.54) is 128 Å². The van der Waals surface area contributed by atoms with Gasteiger partial charge in [-0.05, 0) is 57.8 Å². The quantitative estimate of drug-likeness (QED) is 0.0228.